The van der Waals surface area contributed by atoms with Crippen molar-refractivity contribution in [1.29, 1.82) is 0 Å². The van der Waals surface area contributed by atoms with Crippen LogP contribution in [0.2, 0.25) is 5.04 Å². The molecule has 3 rings (SSSR count). The van der Waals surface area contributed by atoms with Crippen molar-refractivity contribution in [3.8, 4) is 0 Å². The van der Waals surface area contributed by atoms with Gasteiger partial charge in [0, 0.05) is 4.11 Å². The van der Waals surface area contributed by atoms with E-state index in [1.807, 2.05) is 36.4 Å². The van der Waals surface area contributed by atoms with E-state index in [4.69, 9.17) is 13.3 Å². The van der Waals surface area contributed by atoms with Crippen molar-refractivity contribution in [3.63, 3.8) is 0 Å². The van der Waals surface area contributed by atoms with Crippen molar-refractivity contribution in [2.75, 3.05) is 13.2 Å². The molecule has 1 aliphatic heterocycles. The summed E-state index contributed by atoms with van der Waals surface area (Å²) in [5, 5.41) is 13.0. The highest BCUT2D eigenvalue weighted by Crippen LogP contribution is 2.37. The SMILES string of the molecule is [2H]C([2H])([2H])C1(O)CC[C@H](CO[Si](c2ccccc2)(c2ccccc2)C(C)(C)C)N(C(=O)OC(C)(C)C)C1. The number of carbonyl (C=O) groups is 1. The van der Waals surface area contributed by atoms with Gasteiger partial charge in [0.25, 0.3) is 8.32 Å². The summed E-state index contributed by atoms with van der Waals surface area (Å²) in [7, 11) is -2.87. The van der Waals surface area contributed by atoms with Crippen LogP contribution in [0.4, 0.5) is 4.79 Å². The maximum atomic E-state index is 13.3. The van der Waals surface area contributed by atoms with Gasteiger partial charge >= 0.3 is 6.09 Å². The highest BCUT2D eigenvalue weighted by atomic mass is 28.4. The predicted molar refractivity (Wildman–Crippen MR) is 140 cm³/mol. The average Bonchev–Trinajstić information content (AvgIpc) is 2.79. The lowest BCUT2D eigenvalue weighted by atomic mass is 9.91. The normalized spacial score (nSPS) is 23.6. The van der Waals surface area contributed by atoms with Crippen LogP contribution in [0.25, 0.3) is 0 Å². The number of hydrogen-bond donors (Lipinski definition) is 1. The molecular weight excluding hydrogens is 442 g/mol. The number of amides is 1. The van der Waals surface area contributed by atoms with Crippen LogP contribution in [-0.2, 0) is 9.16 Å². The number of piperidine rings is 1. The van der Waals surface area contributed by atoms with E-state index in [-0.39, 0.29) is 31.0 Å². The third kappa shape index (κ3) is 5.91. The summed E-state index contributed by atoms with van der Waals surface area (Å²) in [6, 6.07) is 20.0. The van der Waals surface area contributed by atoms with Crippen molar-refractivity contribution in [2.24, 2.45) is 0 Å². The van der Waals surface area contributed by atoms with E-state index in [1.54, 1.807) is 20.8 Å². The molecule has 0 spiro atoms. The predicted octanol–water partition coefficient (Wildman–Crippen LogP) is 4.71. The molecule has 5 nitrogen and oxygen atoms in total. The van der Waals surface area contributed by atoms with Crippen molar-refractivity contribution in [1.82, 2.24) is 4.90 Å². The van der Waals surface area contributed by atoms with Gasteiger partial charge in [-0.2, -0.15) is 0 Å². The number of carbonyl (C=O) groups excluding carboxylic acids is 1. The molecule has 2 atom stereocenters. The second-order valence-corrected chi connectivity index (χ2v) is 15.6. The van der Waals surface area contributed by atoms with Crippen LogP contribution >= 0.6 is 0 Å². The molecule has 186 valence electrons. The third-order valence-corrected chi connectivity index (χ3v) is 11.3. The fourth-order valence-electron chi connectivity index (χ4n) is 4.74. The molecule has 0 bridgehead atoms. The van der Waals surface area contributed by atoms with Gasteiger partial charge in [0.1, 0.15) is 5.60 Å². The molecule has 1 heterocycles. The van der Waals surface area contributed by atoms with E-state index >= 15 is 0 Å². The Balaban J connectivity index is 2.02. The number of β-amino-alcohol motifs (C(OH)–C–C–N with tert-alkyl or cyclic N) is 1. The van der Waals surface area contributed by atoms with Gasteiger partial charge in [0.2, 0.25) is 0 Å². The zero-order chi connectivity index (χ0) is 27.7. The number of ether oxygens (including phenoxy) is 1. The minimum atomic E-state index is -2.87. The van der Waals surface area contributed by atoms with Crippen LogP contribution in [0, 0.1) is 0 Å². The minimum Gasteiger partial charge on any atom is -0.444 e. The van der Waals surface area contributed by atoms with Crippen LogP contribution in [-0.4, -0.2) is 54.8 Å². The van der Waals surface area contributed by atoms with Crippen LogP contribution in [0.5, 0.6) is 0 Å². The summed E-state index contributed by atoms with van der Waals surface area (Å²) in [6.07, 6.45) is -0.324. The monoisotopic (exact) mass is 486 g/mol. The Bertz CT molecular complexity index is 1010. The lowest BCUT2D eigenvalue weighted by molar-refractivity contribution is -0.0581. The standard InChI is InChI=1S/C28H41NO4Si/c1-26(2,3)33-25(30)29-21-28(7,31)19-18-22(29)20-32-34(27(4,5)6,23-14-10-8-11-15-23)24-16-12-9-13-17-24/h8-17,22,31H,18-21H2,1-7H3/t22-,28?/m1/s1/i7D3. The Morgan fingerprint density at radius 3 is 2.03 bits per heavy atom. The zero-order valence-electron chi connectivity index (χ0n) is 24.3. The maximum absolute atomic E-state index is 13.3. The van der Waals surface area contributed by atoms with Crippen LogP contribution in [0.1, 0.15) is 65.3 Å². The van der Waals surface area contributed by atoms with Crippen molar-refractivity contribution >= 4 is 24.8 Å². The van der Waals surface area contributed by atoms with E-state index in [1.165, 1.54) is 4.90 Å². The smallest absolute Gasteiger partial charge is 0.410 e. The summed E-state index contributed by atoms with van der Waals surface area (Å²) in [4.78, 5) is 14.6. The van der Waals surface area contributed by atoms with E-state index in [2.05, 4.69) is 45.0 Å². The van der Waals surface area contributed by atoms with Gasteiger partial charge in [-0.25, -0.2) is 4.79 Å². The van der Waals surface area contributed by atoms with Crippen molar-refractivity contribution in [2.45, 2.75) is 83.5 Å². The molecule has 0 aliphatic carbocycles. The Labute approximate surface area is 210 Å². The topological polar surface area (TPSA) is 59.0 Å². The number of benzene rings is 2. The molecule has 0 radical (unpaired) electrons. The van der Waals surface area contributed by atoms with Crippen molar-refractivity contribution in [3.05, 3.63) is 60.7 Å². The van der Waals surface area contributed by atoms with E-state index in [0.29, 0.717) is 0 Å². The molecule has 0 aromatic heterocycles. The first-order chi connectivity index (χ1) is 17.0. The fraction of sp³-hybridized carbons (Fsp3) is 0.536. The molecule has 1 unspecified atom stereocenters. The molecule has 1 aliphatic rings. The Hall–Kier alpha value is -2.15. The zero-order valence-corrected chi connectivity index (χ0v) is 22.3. The van der Waals surface area contributed by atoms with Gasteiger partial charge in [-0.3, -0.25) is 0 Å². The average molecular weight is 487 g/mol. The fourth-order valence-corrected chi connectivity index (χ4v) is 9.34. The molecule has 34 heavy (non-hydrogen) atoms. The quantitative estimate of drug-likeness (QED) is 0.622. The maximum Gasteiger partial charge on any atom is 0.410 e. The molecule has 2 aromatic rings. The van der Waals surface area contributed by atoms with Gasteiger partial charge in [-0.05, 0) is 55.9 Å². The lowest BCUT2D eigenvalue weighted by Gasteiger charge is -2.47. The number of hydrogen-bond acceptors (Lipinski definition) is 4. The second-order valence-electron chi connectivity index (χ2n) is 11.3. The first-order valence-corrected chi connectivity index (χ1v) is 13.9. The first-order valence-electron chi connectivity index (χ1n) is 13.5. The molecule has 1 amide bonds. The molecule has 0 saturated carbocycles. The second kappa shape index (κ2) is 9.84. The highest BCUT2D eigenvalue weighted by Gasteiger charge is 2.51. The summed E-state index contributed by atoms with van der Waals surface area (Å²) >= 11 is 0. The number of rotatable bonds is 5. The van der Waals surface area contributed by atoms with E-state index in [9.17, 15) is 9.90 Å². The summed E-state index contributed by atoms with van der Waals surface area (Å²) in [5.74, 6) is 0. The summed E-state index contributed by atoms with van der Waals surface area (Å²) < 4.78 is 36.3. The van der Waals surface area contributed by atoms with Gasteiger partial charge in [0.15, 0.2) is 0 Å². The van der Waals surface area contributed by atoms with Crippen molar-refractivity contribution < 1.29 is 23.2 Å². The number of aliphatic hydroxyl groups is 1. The minimum absolute atomic E-state index is 0.0393. The molecular formula is C28H41NO4Si. The largest absolute Gasteiger partial charge is 0.444 e. The Morgan fingerprint density at radius 1 is 1.06 bits per heavy atom. The first kappa shape index (κ1) is 22.3. The van der Waals surface area contributed by atoms with Crippen LogP contribution in [0.15, 0.2) is 60.7 Å². The molecule has 1 N–H and O–H groups in total. The molecule has 2 aromatic carbocycles. The lowest BCUT2D eigenvalue weighted by Crippen LogP contribution is -2.68. The van der Waals surface area contributed by atoms with E-state index < -0.39 is 38.5 Å². The molecule has 1 saturated heterocycles. The van der Waals surface area contributed by atoms with E-state index in [0.717, 1.165) is 10.4 Å². The molecule has 6 heteroatoms. The van der Waals surface area contributed by atoms with Gasteiger partial charge in [0.05, 0.1) is 24.8 Å². The Kier molecular flexibility index (Phi) is 6.46. The molecule has 1 fully saturated rings. The summed E-state index contributed by atoms with van der Waals surface area (Å²) in [6.45, 7) is 9.06. The summed E-state index contributed by atoms with van der Waals surface area (Å²) in [5.41, 5.74) is -2.77. The number of likely N-dealkylation sites (tertiary alicyclic amines) is 1. The van der Waals surface area contributed by atoms with Gasteiger partial charge < -0.3 is 19.2 Å². The van der Waals surface area contributed by atoms with Crippen LogP contribution in [0.3, 0.4) is 0 Å². The van der Waals surface area contributed by atoms with Gasteiger partial charge in [-0.15, -0.1) is 0 Å². The van der Waals surface area contributed by atoms with Gasteiger partial charge in [-0.1, -0.05) is 81.4 Å². The number of nitrogens with zero attached hydrogens (tertiary/aromatic N) is 1. The highest BCUT2D eigenvalue weighted by molar-refractivity contribution is 6.99. The Morgan fingerprint density at radius 2 is 1.59 bits per heavy atom. The third-order valence-electron chi connectivity index (χ3n) is 6.30. The van der Waals surface area contributed by atoms with Crippen LogP contribution < -0.4 is 10.4 Å².